The minimum Gasteiger partial charge on any atom is -0.456 e. The van der Waals surface area contributed by atoms with Gasteiger partial charge in [-0.05, 0) is 31.4 Å². The molecule has 1 fully saturated rings. The molecule has 1 aromatic rings. The lowest BCUT2D eigenvalue weighted by molar-refractivity contribution is -0.148. The third-order valence-corrected chi connectivity index (χ3v) is 5.54. The number of carbonyl (C=O) groups is 3. The highest BCUT2D eigenvalue weighted by molar-refractivity contribution is 7.91. The molecule has 0 bridgehead atoms. The Morgan fingerprint density at radius 2 is 2.04 bits per heavy atom. The summed E-state index contributed by atoms with van der Waals surface area (Å²) in [5.41, 5.74) is 0.901. The number of carbonyl (C=O) groups excluding carboxylic acids is 3. The van der Waals surface area contributed by atoms with E-state index >= 15 is 0 Å². The Hall–Kier alpha value is -2.22. The van der Waals surface area contributed by atoms with E-state index in [4.69, 9.17) is 4.74 Å². The highest BCUT2D eigenvalue weighted by Gasteiger charge is 2.29. The average molecular weight is 353 g/mol. The third kappa shape index (κ3) is 5.45. The molecule has 0 aromatic heterocycles. The van der Waals surface area contributed by atoms with Crippen molar-refractivity contribution in [2.75, 3.05) is 23.4 Å². The first-order valence-electron chi connectivity index (χ1n) is 7.52. The van der Waals surface area contributed by atoms with Gasteiger partial charge in [-0.1, -0.05) is 12.1 Å². The molecule has 1 amide bonds. The van der Waals surface area contributed by atoms with Crippen LogP contribution in [0.25, 0.3) is 0 Å². The molecule has 0 unspecified atom stereocenters. The predicted octanol–water partition coefficient (Wildman–Crippen LogP) is 1.20. The van der Waals surface area contributed by atoms with E-state index in [1.165, 1.54) is 13.0 Å². The van der Waals surface area contributed by atoms with Crippen LogP contribution in [0.1, 0.15) is 30.1 Å². The molecule has 1 aliphatic rings. The van der Waals surface area contributed by atoms with Crippen molar-refractivity contribution in [3.05, 3.63) is 29.8 Å². The maximum Gasteiger partial charge on any atom is 0.306 e. The summed E-state index contributed by atoms with van der Waals surface area (Å²) < 4.78 is 27.5. The van der Waals surface area contributed by atoms with Crippen LogP contribution in [0, 0.1) is 5.92 Å². The second-order valence-corrected chi connectivity index (χ2v) is 8.05. The number of anilines is 1. The number of amides is 1. The van der Waals surface area contributed by atoms with Crippen LogP contribution in [-0.2, 0) is 24.2 Å². The number of esters is 1. The van der Waals surface area contributed by atoms with Crippen molar-refractivity contribution in [1.82, 2.24) is 0 Å². The molecule has 130 valence electrons. The Morgan fingerprint density at radius 1 is 1.29 bits per heavy atom. The molecule has 1 saturated heterocycles. The Balaban J connectivity index is 1.78. The first-order chi connectivity index (χ1) is 11.2. The van der Waals surface area contributed by atoms with E-state index in [1.807, 2.05) is 0 Å². The zero-order chi connectivity index (χ0) is 17.7. The molecule has 8 heteroatoms. The third-order valence-electron chi connectivity index (χ3n) is 3.70. The summed E-state index contributed by atoms with van der Waals surface area (Å²) in [5, 5.41) is 2.54. The van der Waals surface area contributed by atoms with E-state index in [0.29, 0.717) is 17.7 Å². The monoisotopic (exact) mass is 353 g/mol. The molecule has 0 spiro atoms. The first-order valence-corrected chi connectivity index (χ1v) is 9.34. The molecule has 1 heterocycles. The molecule has 0 aliphatic carbocycles. The van der Waals surface area contributed by atoms with Crippen LogP contribution in [0.2, 0.25) is 0 Å². The normalized spacial score (nSPS) is 18.8. The minimum absolute atomic E-state index is 0.00761. The van der Waals surface area contributed by atoms with Crippen LogP contribution in [0.3, 0.4) is 0 Å². The topological polar surface area (TPSA) is 107 Å². The predicted molar refractivity (Wildman–Crippen MR) is 87.4 cm³/mol. The van der Waals surface area contributed by atoms with Crippen LogP contribution in [0.5, 0.6) is 0 Å². The van der Waals surface area contributed by atoms with Crippen molar-refractivity contribution in [1.29, 1.82) is 0 Å². The van der Waals surface area contributed by atoms with Gasteiger partial charge in [-0.2, -0.15) is 0 Å². The molecule has 1 atom stereocenters. The number of hydrogen-bond donors (Lipinski definition) is 1. The summed E-state index contributed by atoms with van der Waals surface area (Å²) in [6.07, 6.45) is 0.438. The highest BCUT2D eigenvalue weighted by atomic mass is 32.2. The summed E-state index contributed by atoms with van der Waals surface area (Å²) in [6, 6.07) is 6.42. The molecular formula is C16H19NO6S. The molecular weight excluding hydrogens is 334 g/mol. The second kappa shape index (κ2) is 7.57. The Bertz CT molecular complexity index is 756. The van der Waals surface area contributed by atoms with Gasteiger partial charge in [0.15, 0.2) is 22.2 Å². The fourth-order valence-corrected chi connectivity index (χ4v) is 4.35. The van der Waals surface area contributed by atoms with E-state index in [2.05, 4.69) is 5.32 Å². The second-order valence-electron chi connectivity index (χ2n) is 5.82. The van der Waals surface area contributed by atoms with Gasteiger partial charge in [-0.15, -0.1) is 0 Å². The minimum atomic E-state index is -3.04. The fourth-order valence-electron chi connectivity index (χ4n) is 2.49. The van der Waals surface area contributed by atoms with E-state index in [0.717, 1.165) is 0 Å². The van der Waals surface area contributed by atoms with Crippen LogP contribution in [0.4, 0.5) is 5.69 Å². The molecule has 0 radical (unpaired) electrons. The largest absolute Gasteiger partial charge is 0.456 e. The van der Waals surface area contributed by atoms with Crippen molar-refractivity contribution in [3.63, 3.8) is 0 Å². The van der Waals surface area contributed by atoms with Crippen LogP contribution >= 0.6 is 0 Å². The lowest BCUT2D eigenvalue weighted by Crippen LogP contribution is -2.22. The Labute approximate surface area is 140 Å². The van der Waals surface area contributed by atoms with Gasteiger partial charge in [-0.3, -0.25) is 14.4 Å². The number of sulfone groups is 1. The number of hydrogen-bond acceptors (Lipinski definition) is 6. The van der Waals surface area contributed by atoms with Crippen molar-refractivity contribution in [2.24, 2.45) is 5.92 Å². The molecule has 24 heavy (non-hydrogen) atoms. The number of rotatable bonds is 6. The highest BCUT2D eigenvalue weighted by Crippen LogP contribution is 2.21. The van der Waals surface area contributed by atoms with Crippen molar-refractivity contribution < 1.29 is 27.5 Å². The van der Waals surface area contributed by atoms with Gasteiger partial charge >= 0.3 is 5.97 Å². The quantitative estimate of drug-likeness (QED) is 0.608. The number of ketones is 1. The zero-order valence-corrected chi connectivity index (χ0v) is 14.1. The summed E-state index contributed by atoms with van der Waals surface area (Å²) in [6.45, 7) is 0.967. The molecule has 1 N–H and O–H groups in total. The van der Waals surface area contributed by atoms with Gasteiger partial charge in [0.25, 0.3) is 5.91 Å². The van der Waals surface area contributed by atoms with Crippen LogP contribution < -0.4 is 5.32 Å². The van der Waals surface area contributed by atoms with Gasteiger partial charge in [-0.25, -0.2) is 8.42 Å². The summed E-state index contributed by atoms with van der Waals surface area (Å²) in [4.78, 5) is 34.7. The number of nitrogens with one attached hydrogen (secondary N) is 1. The van der Waals surface area contributed by atoms with E-state index < -0.39 is 28.3 Å². The maximum atomic E-state index is 11.8. The van der Waals surface area contributed by atoms with Crippen molar-refractivity contribution in [2.45, 2.75) is 19.8 Å². The van der Waals surface area contributed by atoms with Gasteiger partial charge in [0, 0.05) is 17.7 Å². The fraction of sp³-hybridized carbons (Fsp3) is 0.438. The van der Waals surface area contributed by atoms with Crippen molar-refractivity contribution >= 4 is 33.2 Å². The van der Waals surface area contributed by atoms with Gasteiger partial charge < -0.3 is 10.1 Å². The van der Waals surface area contributed by atoms with Gasteiger partial charge in [0.1, 0.15) is 0 Å². The lowest BCUT2D eigenvalue weighted by Gasteiger charge is -2.09. The molecule has 7 nitrogen and oxygen atoms in total. The summed E-state index contributed by atoms with van der Waals surface area (Å²) in [5.74, 6) is -1.39. The summed E-state index contributed by atoms with van der Waals surface area (Å²) in [7, 11) is -3.04. The number of benzene rings is 1. The average Bonchev–Trinajstić information content (AvgIpc) is 2.84. The molecule has 2 rings (SSSR count). The number of ether oxygens (including phenoxy) is 1. The first kappa shape index (κ1) is 18.1. The summed E-state index contributed by atoms with van der Waals surface area (Å²) >= 11 is 0. The SMILES string of the molecule is CC(=O)c1cccc(NC(=O)COC(=O)C[C@@H]2CCS(=O)(=O)C2)c1. The molecule has 1 aromatic carbocycles. The smallest absolute Gasteiger partial charge is 0.306 e. The van der Waals surface area contributed by atoms with Crippen molar-refractivity contribution in [3.8, 4) is 0 Å². The van der Waals surface area contributed by atoms with Crippen LogP contribution in [0.15, 0.2) is 24.3 Å². The van der Waals surface area contributed by atoms with E-state index in [-0.39, 0.29) is 29.6 Å². The van der Waals surface area contributed by atoms with Gasteiger partial charge in [0.2, 0.25) is 0 Å². The zero-order valence-electron chi connectivity index (χ0n) is 13.3. The van der Waals surface area contributed by atoms with Crippen LogP contribution in [-0.4, -0.2) is 44.2 Å². The lowest BCUT2D eigenvalue weighted by atomic mass is 10.1. The maximum absolute atomic E-state index is 11.8. The Kier molecular flexibility index (Phi) is 5.71. The molecule has 1 aliphatic heterocycles. The van der Waals surface area contributed by atoms with Gasteiger partial charge in [0.05, 0.1) is 11.5 Å². The Morgan fingerprint density at radius 3 is 2.67 bits per heavy atom. The number of Topliss-reactive ketones (excluding diaryl/α,β-unsaturated/α-hetero) is 1. The van der Waals surface area contributed by atoms with E-state index in [1.54, 1.807) is 18.2 Å². The molecule has 0 saturated carbocycles. The standard InChI is InChI=1S/C16H19NO6S/c1-11(18)13-3-2-4-14(8-13)17-15(19)9-23-16(20)7-12-5-6-24(21,22)10-12/h2-4,8,12H,5-7,9-10H2,1H3,(H,17,19)/t12-/m0/s1. The van der Waals surface area contributed by atoms with E-state index in [9.17, 15) is 22.8 Å².